The summed E-state index contributed by atoms with van der Waals surface area (Å²) in [4.78, 5) is 35.0. The maximum Gasteiger partial charge on any atom is 0.325 e. The molecule has 0 radical (unpaired) electrons. The molecule has 1 N–H and O–H groups in total. The van der Waals surface area contributed by atoms with Crippen LogP contribution < -0.4 is 5.32 Å². The van der Waals surface area contributed by atoms with Gasteiger partial charge in [-0.2, -0.15) is 4.91 Å². The number of aldehydes is 1. The molecule has 0 saturated heterocycles. The normalized spacial score (nSPS) is 13.3. The Kier molecular flexibility index (Phi) is 35.2. The van der Waals surface area contributed by atoms with Crippen molar-refractivity contribution in [1.82, 2.24) is 5.32 Å². The molecule has 0 bridgehead atoms. The van der Waals surface area contributed by atoms with E-state index in [2.05, 4.69) is 72.9 Å². The average molecular weight is 643 g/mol. The number of hydrogen-bond donors (Lipinski definition) is 1. The van der Waals surface area contributed by atoms with Gasteiger partial charge in [0.25, 0.3) is 0 Å². The Balaban J connectivity index is 3.86. The second-order valence-electron chi connectivity index (χ2n) is 12.6. The Hall–Kier alpha value is -2.34. The van der Waals surface area contributed by atoms with Gasteiger partial charge in [-0.15, -0.1) is 0 Å². The fraction of sp³-hybridized carbons (Fsp3) is 0.750. The summed E-state index contributed by atoms with van der Waals surface area (Å²) in [5.74, 6) is -0.634. The molecule has 0 aliphatic carbocycles. The number of nitrogens with one attached hydrogen (secondary N) is 1. The molecule has 0 saturated carbocycles. The first-order chi connectivity index (χ1) is 22.7. The topological polar surface area (TPSA) is 84.8 Å². The molecule has 0 aliphatic rings. The van der Waals surface area contributed by atoms with Gasteiger partial charge in [0.2, 0.25) is 0 Å². The maximum atomic E-state index is 12.5. The monoisotopic (exact) mass is 643 g/mol. The molecule has 2 atom stereocenters. The van der Waals surface area contributed by atoms with E-state index in [-0.39, 0.29) is 12.5 Å². The third kappa shape index (κ3) is 31.6. The Labute approximate surface area is 283 Å². The van der Waals surface area contributed by atoms with Crippen LogP contribution in [0.2, 0.25) is 0 Å². The Morgan fingerprint density at radius 3 is 1.57 bits per heavy atom. The smallest absolute Gasteiger partial charge is 0.325 e. The number of hydrogen-bond acceptors (Lipinski definition) is 6. The second-order valence-corrected chi connectivity index (χ2v) is 12.6. The van der Waals surface area contributed by atoms with Crippen LogP contribution in [0, 0.1) is 10.8 Å². The zero-order chi connectivity index (χ0) is 33.6. The van der Waals surface area contributed by atoms with E-state index in [1.807, 2.05) is 0 Å². The number of esters is 1. The quantitative estimate of drug-likeness (QED) is 0.0244. The van der Waals surface area contributed by atoms with Gasteiger partial charge in [0.15, 0.2) is 0 Å². The van der Waals surface area contributed by atoms with Crippen LogP contribution in [0.5, 0.6) is 0 Å². The SMILES string of the molecule is CCCCC/C=C\C/C=C\CCCCCCCCOC(=O)C(CN=O)NCC(C=O)CCCCCC/C=C\C/C=C\CCCCC. The van der Waals surface area contributed by atoms with Crippen molar-refractivity contribution in [2.24, 2.45) is 11.1 Å². The number of carbonyl (C=O) groups excluding carboxylic acids is 2. The van der Waals surface area contributed by atoms with Crippen LogP contribution in [0.15, 0.2) is 53.8 Å². The number of rotatable bonds is 35. The molecule has 0 aromatic carbocycles. The first kappa shape index (κ1) is 43.7. The highest BCUT2D eigenvalue weighted by Crippen LogP contribution is 2.12. The first-order valence-corrected chi connectivity index (χ1v) is 18.9. The summed E-state index contributed by atoms with van der Waals surface area (Å²) >= 11 is 0. The lowest BCUT2D eigenvalue weighted by Gasteiger charge is -2.17. The zero-order valence-corrected chi connectivity index (χ0v) is 29.8. The summed E-state index contributed by atoms with van der Waals surface area (Å²) in [5, 5.41) is 5.97. The predicted molar refractivity (Wildman–Crippen MR) is 197 cm³/mol. The van der Waals surface area contributed by atoms with Gasteiger partial charge >= 0.3 is 5.97 Å². The highest BCUT2D eigenvalue weighted by Gasteiger charge is 2.21. The fourth-order valence-corrected chi connectivity index (χ4v) is 5.21. The summed E-state index contributed by atoms with van der Waals surface area (Å²) in [6.45, 7) is 5.00. The number of allylic oxidation sites excluding steroid dienone is 8. The molecule has 2 unspecified atom stereocenters. The second kappa shape index (κ2) is 37.1. The molecular formula is C40H70N2O4. The van der Waals surface area contributed by atoms with E-state index in [1.54, 1.807) is 0 Å². The largest absolute Gasteiger partial charge is 0.464 e. The Morgan fingerprint density at radius 1 is 0.630 bits per heavy atom. The third-order valence-corrected chi connectivity index (χ3v) is 8.23. The zero-order valence-electron chi connectivity index (χ0n) is 29.8. The van der Waals surface area contributed by atoms with E-state index in [0.717, 1.165) is 83.3 Å². The van der Waals surface area contributed by atoms with Gasteiger partial charge in [0, 0.05) is 12.5 Å². The molecule has 0 aromatic heterocycles. The lowest BCUT2D eigenvalue weighted by molar-refractivity contribution is -0.146. The van der Waals surface area contributed by atoms with E-state index in [9.17, 15) is 14.5 Å². The number of carbonyl (C=O) groups is 2. The summed E-state index contributed by atoms with van der Waals surface area (Å²) in [7, 11) is 0. The molecule has 0 fully saturated rings. The van der Waals surface area contributed by atoms with Crippen molar-refractivity contribution >= 4 is 12.3 Å². The molecule has 6 heteroatoms. The minimum absolute atomic E-state index is 0.182. The van der Waals surface area contributed by atoms with Crippen molar-refractivity contribution in [2.75, 3.05) is 19.7 Å². The summed E-state index contributed by atoms with van der Waals surface area (Å²) in [6, 6.07) is -0.789. The van der Waals surface area contributed by atoms with Crippen molar-refractivity contribution in [3.63, 3.8) is 0 Å². The molecule has 6 nitrogen and oxygen atoms in total. The third-order valence-electron chi connectivity index (χ3n) is 8.23. The van der Waals surface area contributed by atoms with Crippen molar-refractivity contribution in [3.8, 4) is 0 Å². The van der Waals surface area contributed by atoms with Gasteiger partial charge in [-0.3, -0.25) is 4.79 Å². The van der Waals surface area contributed by atoms with Gasteiger partial charge in [-0.05, 0) is 77.0 Å². The van der Waals surface area contributed by atoms with Crippen LogP contribution in [0.1, 0.15) is 162 Å². The molecule has 0 rings (SSSR count). The van der Waals surface area contributed by atoms with Crippen molar-refractivity contribution in [1.29, 1.82) is 0 Å². The summed E-state index contributed by atoms with van der Waals surface area (Å²) < 4.78 is 5.42. The minimum atomic E-state index is -0.789. The van der Waals surface area contributed by atoms with Gasteiger partial charge in [0.1, 0.15) is 18.9 Å². The van der Waals surface area contributed by atoms with Gasteiger partial charge in [-0.1, -0.05) is 138 Å². The molecule has 0 spiro atoms. The number of unbranched alkanes of at least 4 members (excludes halogenated alkanes) is 16. The average Bonchev–Trinajstić information content (AvgIpc) is 3.06. The van der Waals surface area contributed by atoms with Crippen molar-refractivity contribution in [3.05, 3.63) is 53.5 Å². The van der Waals surface area contributed by atoms with E-state index < -0.39 is 12.0 Å². The standard InChI is InChI=1S/C40H70N2O4/c1-3-5-7-9-11-13-15-17-19-20-22-24-26-28-30-32-34-46-40(44)39(36-42-45)41-35-38(37-43)33-31-29-27-25-23-21-18-16-14-12-10-8-6-4-2/h11-14,17-19,21,37-39,41H,3-10,15-16,20,22-36H2,1-2H3/b13-11-,14-12-,19-17-,21-18-. The molecule has 0 heterocycles. The summed E-state index contributed by atoms with van der Waals surface area (Å²) in [6.07, 6.45) is 45.4. The molecule has 0 amide bonds. The van der Waals surface area contributed by atoms with Crippen molar-refractivity contribution in [2.45, 2.75) is 168 Å². The van der Waals surface area contributed by atoms with Gasteiger partial charge < -0.3 is 14.8 Å². The molecular weight excluding hydrogens is 572 g/mol. The number of ether oxygens (including phenoxy) is 1. The van der Waals surface area contributed by atoms with Crippen LogP contribution >= 0.6 is 0 Å². The van der Waals surface area contributed by atoms with E-state index in [1.165, 1.54) is 70.6 Å². The van der Waals surface area contributed by atoms with Gasteiger partial charge in [-0.25, -0.2) is 0 Å². The fourth-order valence-electron chi connectivity index (χ4n) is 5.21. The molecule has 46 heavy (non-hydrogen) atoms. The van der Waals surface area contributed by atoms with E-state index in [0.29, 0.717) is 13.2 Å². The Morgan fingerprint density at radius 2 is 1.09 bits per heavy atom. The summed E-state index contributed by atoms with van der Waals surface area (Å²) in [5.41, 5.74) is 0. The van der Waals surface area contributed by atoms with Crippen LogP contribution in [0.4, 0.5) is 0 Å². The molecule has 0 aliphatic heterocycles. The lowest BCUT2D eigenvalue weighted by atomic mass is 10.0. The van der Waals surface area contributed by atoms with Crippen molar-refractivity contribution < 1.29 is 14.3 Å². The highest BCUT2D eigenvalue weighted by molar-refractivity contribution is 5.76. The highest BCUT2D eigenvalue weighted by atomic mass is 16.5. The van der Waals surface area contributed by atoms with Crippen LogP contribution in [-0.2, 0) is 14.3 Å². The maximum absolute atomic E-state index is 12.5. The number of nitroso groups, excluding NO2 is 1. The van der Waals surface area contributed by atoms with Crippen LogP contribution in [0.3, 0.4) is 0 Å². The van der Waals surface area contributed by atoms with Gasteiger partial charge in [0.05, 0.1) is 6.61 Å². The number of nitrogens with zero attached hydrogens (tertiary/aromatic N) is 1. The minimum Gasteiger partial charge on any atom is -0.464 e. The van der Waals surface area contributed by atoms with Crippen LogP contribution in [-0.4, -0.2) is 38.0 Å². The molecule has 0 aromatic rings. The molecule has 264 valence electrons. The Bertz CT molecular complexity index is 805. The van der Waals surface area contributed by atoms with E-state index in [4.69, 9.17) is 4.74 Å². The predicted octanol–water partition coefficient (Wildman–Crippen LogP) is 11.3. The van der Waals surface area contributed by atoms with E-state index >= 15 is 0 Å². The van der Waals surface area contributed by atoms with Crippen LogP contribution in [0.25, 0.3) is 0 Å². The lowest BCUT2D eigenvalue weighted by Crippen LogP contribution is -2.43. The first-order valence-electron chi connectivity index (χ1n) is 18.9.